The molecule has 0 fully saturated rings. The van der Waals surface area contributed by atoms with Crippen molar-refractivity contribution in [3.8, 4) is 0 Å². The van der Waals surface area contributed by atoms with Gasteiger partial charge in [-0.25, -0.2) is 9.78 Å². The normalized spacial score (nSPS) is 13.0. The van der Waals surface area contributed by atoms with E-state index < -0.39 is 17.9 Å². The largest absolute Gasteiger partial charge is 1.00 e. The summed E-state index contributed by atoms with van der Waals surface area (Å²) in [4.78, 5) is 17.7. The standard InChI is InChI=1S/C7H10N4O3.K/c1-5(12)10-6(7(13)14)2-11-4-8-3-9-11;/h3-4,6H,2H2,1H3,(H,10,12)(H,13,14);/q;+1/p-1/t6-;/m1./s1. The Morgan fingerprint density at radius 2 is 2.40 bits per heavy atom. The molecule has 0 spiro atoms. The van der Waals surface area contributed by atoms with Gasteiger partial charge in [-0.2, -0.15) is 5.10 Å². The molecule has 0 saturated carbocycles. The molecule has 0 aliphatic carbocycles. The molecule has 1 aromatic heterocycles. The van der Waals surface area contributed by atoms with Crippen LogP contribution in [0.15, 0.2) is 17.6 Å². The molecule has 76 valence electrons. The van der Waals surface area contributed by atoms with E-state index in [0.717, 1.165) is 0 Å². The number of aromatic nitrogens is 3. The van der Waals surface area contributed by atoms with E-state index in [2.05, 4.69) is 15.1 Å². The Kier molecular flexibility index (Phi) is 6.93. The van der Waals surface area contributed by atoms with Crippen molar-refractivity contribution < 1.29 is 66.4 Å². The molecule has 8 heteroatoms. The summed E-state index contributed by atoms with van der Waals surface area (Å²) in [5, 5.41) is 23.0. The van der Waals surface area contributed by atoms with E-state index in [1.54, 1.807) is 0 Å². The van der Waals surface area contributed by atoms with Crippen LogP contribution in [0.5, 0.6) is 0 Å². The first-order valence-electron chi connectivity index (χ1n) is 3.86. The summed E-state index contributed by atoms with van der Waals surface area (Å²) in [5.41, 5.74) is 0. The van der Waals surface area contributed by atoms with Crippen LogP contribution < -0.4 is 56.5 Å². The number of carboxylic acids is 1. The third-order valence-corrected chi connectivity index (χ3v) is 1.45. The third-order valence-electron chi connectivity index (χ3n) is 1.45. The molecule has 0 bridgehead atoms. The van der Waals surface area contributed by atoms with Crippen molar-refractivity contribution in [2.24, 2.45) is 4.99 Å². The molecule has 0 radical (unpaired) electrons. The van der Waals surface area contributed by atoms with Crippen molar-refractivity contribution in [2.75, 3.05) is 0 Å². The summed E-state index contributed by atoms with van der Waals surface area (Å²) in [6.45, 7) is 1.21. The van der Waals surface area contributed by atoms with Gasteiger partial charge in [0.15, 0.2) is 6.04 Å². The Hall–Kier alpha value is -0.284. The van der Waals surface area contributed by atoms with Crippen molar-refractivity contribution >= 4 is 11.9 Å². The second-order valence-electron chi connectivity index (χ2n) is 2.62. The fourth-order valence-corrected chi connectivity index (χ4v) is 0.898. The molecule has 0 aromatic carbocycles. The molecule has 1 rings (SSSR count). The zero-order valence-electron chi connectivity index (χ0n) is 8.49. The predicted molar refractivity (Wildman–Crippen MR) is 44.6 cm³/mol. The first-order valence-corrected chi connectivity index (χ1v) is 3.86. The monoisotopic (exact) mass is 236 g/mol. The van der Waals surface area contributed by atoms with E-state index >= 15 is 0 Å². The molecule has 1 N–H and O–H groups in total. The van der Waals surface area contributed by atoms with Crippen LogP contribution in [-0.4, -0.2) is 37.8 Å². The second kappa shape index (κ2) is 7.07. The molecule has 1 heterocycles. The van der Waals surface area contributed by atoms with E-state index in [-0.39, 0.29) is 57.9 Å². The maximum Gasteiger partial charge on any atom is 1.00 e. The fraction of sp³-hybridized carbons (Fsp3) is 0.429. The summed E-state index contributed by atoms with van der Waals surface area (Å²) in [7, 11) is 0. The molecule has 1 aromatic rings. The Morgan fingerprint density at radius 1 is 1.73 bits per heavy atom. The summed E-state index contributed by atoms with van der Waals surface area (Å²) in [6, 6.07) is -1.10. The van der Waals surface area contributed by atoms with Gasteiger partial charge in [-0.3, -0.25) is 9.67 Å². The first kappa shape index (κ1) is 14.7. The average molecular weight is 236 g/mol. The maximum atomic E-state index is 10.7. The van der Waals surface area contributed by atoms with Gasteiger partial charge in [-0.1, -0.05) is 0 Å². The summed E-state index contributed by atoms with van der Waals surface area (Å²) in [6.07, 6.45) is 2.65. The molecule has 1 atom stereocenters. The maximum absolute atomic E-state index is 10.7. The number of nitrogens with zero attached hydrogens (tertiary/aromatic N) is 4. The number of aliphatic carboxylic acids is 1. The van der Waals surface area contributed by atoms with Gasteiger partial charge in [0, 0.05) is 0 Å². The number of hydrogen-bond donors (Lipinski definition) is 1. The van der Waals surface area contributed by atoms with E-state index in [1.807, 2.05) is 0 Å². The molecule has 0 saturated heterocycles. The van der Waals surface area contributed by atoms with Crippen molar-refractivity contribution in [3.63, 3.8) is 0 Å². The van der Waals surface area contributed by atoms with Crippen LogP contribution in [0.4, 0.5) is 0 Å². The number of hydrogen-bond acceptors (Lipinski definition) is 5. The van der Waals surface area contributed by atoms with Crippen LogP contribution in [0.25, 0.3) is 0 Å². The van der Waals surface area contributed by atoms with Gasteiger partial charge in [0.05, 0.1) is 6.54 Å². The Balaban J connectivity index is 0.00000196. The van der Waals surface area contributed by atoms with Gasteiger partial charge in [-0.05, 0) is 12.8 Å². The first-order chi connectivity index (χ1) is 6.59. The number of carbonyl (C=O) groups is 1. The van der Waals surface area contributed by atoms with Gasteiger partial charge < -0.3 is 10.2 Å². The van der Waals surface area contributed by atoms with Crippen molar-refractivity contribution in [1.29, 1.82) is 0 Å². The third kappa shape index (κ3) is 5.38. The topological polar surface area (TPSA) is 103 Å². The number of rotatable bonds is 4. The van der Waals surface area contributed by atoms with E-state index in [1.165, 1.54) is 24.3 Å². The van der Waals surface area contributed by atoms with Gasteiger partial charge in [-0.15, -0.1) is 0 Å². The van der Waals surface area contributed by atoms with Gasteiger partial charge in [0.2, 0.25) is 0 Å². The SMILES string of the molecule is CC([O-])=N[C@H](Cn1cncn1)C(=O)O.[K+]. The van der Waals surface area contributed by atoms with Crippen molar-refractivity contribution in [2.45, 2.75) is 19.5 Å². The number of aliphatic imine (C=N–C) groups is 1. The summed E-state index contributed by atoms with van der Waals surface area (Å²) in [5.74, 6) is -1.67. The van der Waals surface area contributed by atoms with Crippen LogP contribution in [0.3, 0.4) is 0 Å². The summed E-state index contributed by atoms with van der Waals surface area (Å²) < 4.78 is 1.31. The van der Waals surface area contributed by atoms with Gasteiger partial charge in [0.1, 0.15) is 12.7 Å². The fourth-order valence-electron chi connectivity index (χ4n) is 0.898. The quantitative estimate of drug-likeness (QED) is 0.322. The predicted octanol–water partition coefficient (Wildman–Crippen LogP) is -4.49. The van der Waals surface area contributed by atoms with Crippen LogP contribution in [0.1, 0.15) is 6.92 Å². The molecule has 0 amide bonds. The Labute approximate surface area is 129 Å². The molecule has 7 nitrogen and oxygen atoms in total. The van der Waals surface area contributed by atoms with E-state index in [9.17, 15) is 9.90 Å². The van der Waals surface area contributed by atoms with Gasteiger partial charge >= 0.3 is 57.4 Å². The Bertz CT molecular complexity index is 334. The van der Waals surface area contributed by atoms with Crippen LogP contribution in [0, 0.1) is 0 Å². The van der Waals surface area contributed by atoms with Crippen LogP contribution in [0.2, 0.25) is 0 Å². The molecular weight excluding hydrogens is 227 g/mol. The van der Waals surface area contributed by atoms with Crippen LogP contribution in [-0.2, 0) is 11.3 Å². The van der Waals surface area contributed by atoms with E-state index in [4.69, 9.17) is 5.11 Å². The minimum absolute atomic E-state index is 0. The molecule has 15 heavy (non-hydrogen) atoms. The summed E-state index contributed by atoms with van der Waals surface area (Å²) >= 11 is 0. The Morgan fingerprint density at radius 3 is 2.80 bits per heavy atom. The van der Waals surface area contributed by atoms with Gasteiger partial charge in [0.25, 0.3) is 0 Å². The zero-order chi connectivity index (χ0) is 10.6. The van der Waals surface area contributed by atoms with E-state index in [0.29, 0.717) is 0 Å². The average Bonchev–Trinajstić information content (AvgIpc) is 2.54. The molecule has 0 aliphatic heterocycles. The number of carboxylic acid groups (broad SMARTS) is 1. The minimum Gasteiger partial charge on any atom is -0.862 e. The zero-order valence-corrected chi connectivity index (χ0v) is 11.6. The minimum atomic E-state index is -1.16. The van der Waals surface area contributed by atoms with Crippen LogP contribution >= 0.6 is 0 Å². The second-order valence-corrected chi connectivity index (χ2v) is 2.62. The molecular formula is C7H9KN4O3. The van der Waals surface area contributed by atoms with Crippen molar-refractivity contribution in [3.05, 3.63) is 12.7 Å². The molecule has 0 unspecified atom stereocenters. The molecule has 0 aliphatic rings. The van der Waals surface area contributed by atoms with Crippen molar-refractivity contribution in [1.82, 2.24) is 14.8 Å². The smallest absolute Gasteiger partial charge is 0.862 e.